The molecule has 0 aromatic carbocycles. The van der Waals surface area contributed by atoms with Crippen LogP contribution in [0.25, 0.3) is 0 Å². The van der Waals surface area contributed by atoms with E-state index in [0.29, 0.717) is 13.1 Å². The minimum absolute atomic E-state index is 0.0522. The number of hydrogen-bond acceptors (Lipinski definition) is 4. The molecule has 17 heavy (non-hydrogen) atoms. The number of aromatic nitrogens is 2. The lowest BCUT2D eigenvalue weighted by atomic mass is 10.2. The number of alkyl halides is 3. The van der Waals surface area contributed by atoms with Crippen LogP contribution in [0.3, 0.4) is 0 Å². The van der Waals surface area contributed by atoms with Crippen LogP contribution in [0, 0.1) is 6.92 Å². The monoisotopic (exact) mass is 246 g/mol. The van der Waals surface area contributed by atoms with Gasteiger partial charge in [0.15, 0.2) is 5.69 Å². The highest BCUT2D eigenvalue weighted by molar-refractivity contribution is 5.34. The SMILES string of the molecule is Cc1cnc(N2CCNCC2)nc1C(F)(F)F. The Bertz CT molecular complexity index is 399. The second-order valence-corrected chi connectivity index (χ2v) is 3.94. The van der Waals surface area contributed by atoms with E-state index in [1.807, 2.05) is 0 Å². The van der Waals surface area contributed by atoms with Crippen LogP contribution in [0.15, 0.2) is 6.20 Å². The average molecular weight is 246 g/mol. The molecule has 1 aromatic rings. The third-order valence-corrected chi connectivity index (χ3v) is 2.63. The smallest absolute Gasteiger partial charge is 0.338 e. The van der Waals surface area contributed by atoms with Crippen molar-refractivity contribution in [3.8, 4) is 0 Å². The van der Waals surface area contributed by atoms with Crippen molar-refractivity contribution in [1.82, 2.24) is 15.3 Å². The number of anilines is 1. The third-order valence-electron chi connectivity index (χ3n) is 2.63. The van der Waals surface area contributed by atoms with Crippen molar-refractivity contribution >= 4 is 5.95 Å². The molecule has 1 aliphatic heterocycles. The van der Waals surface area contributed by atoms with Crippen molar-refractivity contribution in [2.45, 2.75) is 13.1 Å². The van der Waals surface area contributed by atoms with Crippen LogP contribution >= 0.6 is 0 Å². The lowest BCUT2D eigenvalue weighted by Crippen LogP contribution is -2.44. The van der Waals surface area contributed by atoms with Gasteiger partial charge >= 0.3 is 6.18 Å². The van der Waals surface area contributed by atoms with Crippen molar-refractivity contribution in [2.24, 2.45) is 0 Å². The number of halogens is 3. The molecule has 2 heterocycles. The van der Waals surface area contributed by atoms with E-state index in [1.165, 1.54) is 13.1 Å². The van der Waals surface area contributed by atoms with E-state index in [2.05, 4.69) is 15.3 Å². The number of nitrogens with one attached hydrogen (secondary N) is 1. The largest absolute Gasteiger partial charge is 0.433 e. The predicted octanol–water partition coefficient (Wildman–Crippen LogP) is 1.21. The van der Waals surface area contributed by atoms with E-state index in [0.717, 1.165) is 13.1 Å². The Morgan fingerprint density at radius 3 is 2.53 bits per heavy atom. The molecule has 0 saturated carbocycles. The molecule has 0 atom stereocenters. The minimum Gasteiger partial charge on any atom is -0.338 e. The highest BCUT2D eigenvalue weighted by atomic mass is 19.4. The van der Waals surface area contributed by atoms with E-state index >= 15 is 0 Å². The molecule has 0 amide bonds. The molecule has 1 aromatic heterocycles. The van der Waals surface area contributed by atoms with Gasteiger partial charge in [0.05, 0.1) is 0 Å². The Balaban J connectivity index is 2.30. The quantitative estimate of drug-likeness (QED) is 0.808. The Morgan fingerprint density at radius 1 is 1.29 bits per heavy atom. The maximum absolute atomic E-state index is 12.7. The fourth-order valence-electron chi connectivity index (χ4n) is 1.74. The summed E-state index contributed by atoms with van der Waals surface area (Å²) in [6, 6.07) is 0. The summed E-state index contributed by atoms with van der Waals surface area (Å²) >= 11 is 0. The average Bonchev–Trinajstić information content (AvgIpc) is 2.29. The van der Waals surface area contributed by atoms with Gasteiger partial charge in [-0.1, -0.05) is 0 Å². The Morgan fingerprint density at radius 2 is 1.94 bits per heavy atom. The molecule has 7 heteroatoms. The van der Waals surface area contributed by atoms with Crippen molar-refractivity contribution < 1.29 is 13.2 Å². The normalized spacial score (nSPS) is 17.3. The molecule has 1 aliphatic rings. The summed E-state index contributed by atoms with van der Waals surface area (Å²) in [5.74, 6) is 0.157. The zero-order valence-electron chi connectivity index (χ0n) is 9.38. The summed E-state index contributed by atoms with van der Waals surface area (Å²) in [5.41, 5.74) is -0.794. The van der Waals surface area contributed by atoms with Crippen molar-refractivity contribution in [3.63, 3.8) is 0 Å². The van der Waals surface area contributed by atoms with E-state index in [-0.39, 0.29) is 11.5 Å². The van der Waals surface area contributed by atoms with Crippen LogP contribution in [0.1, 0.15) is 11.3 Å². The summed E-state index contributed by atoms with van der Waals surface area (Å²) in [5, 5.41) is 3.12. The Hall–Kier alpha value is -1.37. The van der Waals surface area contributed by atoms with Gasteiger partial charge in [-0.15, -0.1) is 0 Å². The number of nitrogens with zero attached hydrogens (tertiary/aromatic N) is 3. The van der Waals surface area contributed by atoms with Gasteiger partial charge in [0.2, 0.25) is 5.95 Å². The molecule has 1 fully saturated rings. The number of rotatable bonds is 1. The predicted molar refractivity (Wildman–Crippen MR) is 56.9 cm³/mol. The van der Waals surface area contributed by atoms with E-state index in [1.54, 1.807) is 4.90 Å². The molecule has 0 aliphatic carbocycles. The zero-order valence-corrected chi connectivity index (χ0v) is 9.38. The lowest BCUT2D eigenvalue weighted by Gasteiger charge is -2.27. The number of aryl methyl sites for hydroxylation is 1. The molecule has 94 valence electrons. The summed E-state index contributed by atoms with van der Waals surface area (Å²) in [7, 11) is 0. The van der Waals surface area contributed by atoms with Crippen LogP contribution in [-0.4, -0.2) is 36.1 Å². The first-order chi connectivity index (χ1) is 7.98. The zero-order chi connectivity index (χ0) is 12.5. The van der Waals surface area contributed by atoms with E-state index < -0.39 is 11.9 Å². The highest BCUT2D eigenvalue weighted by Crippen LogP contribution is 2.30. The molecule has 4 nitrogen and oxygen atoms in total. The molecule has 0 bridgehead atoms. The second kappa shape index (κ2) is 4.48. The van der Waals surface area contributed by atoms with Crippen molar-refractivity contribution in [1.29, 1.82) is 0 Å². The van der Waals surface area contributed by atoms with Gasteiger partial charge < -0.3 is 10.2 Å². The maximum atomic E-state index is 12.7. The fourth-order valence-corrected chi connectivity index (χ4v) is 1.74. The van der Waals surface area contributed by atoms with Crippen molar-refractivity contribution in [2.75, 3.05) is 31.1 Å². The molecule has 1 N–H and O–H groups in total. The van der Waals surface area contributed by atoms with Crippen LogP contribution in [0.5, 0.6) is 0 Å². The number of hydrogen-bond donors (Lipinski definition) is 1. The Kier molecular flexibility index (Phi) is 3.19. The second-order valence-electron chi connectivity index (χ2n) is 3.94. The molecule has 1 saturated heterocycles. The van der Waals surface area contributed by atoms with E-state index in [9.17, 15) is 13.2 Å². The topological polar surface area (TPSA) is 41.1 Å². The van der Waals surface area contributed by atoms with Gasteiger partial charge in [0.25, 0.3) is 0 Å². The lowest BCUT2D eigenvalue weighted by molar-refractivity contribution is -0.141. The summed E-state index contributed by atoms with van der Waals surface area (Å²) in [6.07, 6.45) is -3.19. The fraction of sp³-hybridized carbons (Fsp3) is 0.600. The third kappa shape index (κ3) is 2.66. The first-order valence-corrected chi connectivity index (χ1v) is 5.35. The minimum atomic E-state index is -4.42. The molecule has 0 radical (unpaired) electrons. The van der Waals surface area contributed by atoms with Gasteiger partial charge in [0, 0.05) is 32.4 Å². The molecular weight excluding hydrogens is 233 g/mol. The molecule has 0 unspecified atom stereocenters. The maximum Gasteiger partial charge on any atom is 0.433 e. The van der Waals surface area contributed by atoms with Crippen LogP contribution < -0.4 is 10.2 Å². The van der Waals surface area contributed by atoms with E-state index in [4.69, 9.17) is 0 Å². The summed E-state index contributed by atoms with van der Waals surface area (Å²) in [6.45, 7) is 4.09. The van der Waals surface area contributed by atoms with Crippen molar-refractivity contribution in [3.05, 3.63) is 17.5 Å². The van der Waals surface area contributed by atoms with Gasteiger partial charge in [-0.3, -0.25) is 0 Å². The van der Waals surface area contributed by atoms with Gasteiger partial charge in [0.1, 0.15) is 0 Å². The molecule has 0 spiro atoms. The molecule has 2 rings (SSSR count). The standard InChI is InChI=1S/C10H13F3N4/c1-7-6-15-9(16-8(7)10(11,12)13)17-4-2-14-3-5-17/h6,14H,2-5H2,1H3. The highest BCUT2D eigenvalue weighted by Gasteiger charge is 2.35. The van der Waals surface area contributed by atoms with Gasteiger partial charge in [-0.25, -0.2) is 9.97 Å². The summed E-state index contributed by atoms with van der Waals surface area (Å²) in [4.78, 5) is 9.35. The first-order valence-electron chi connectivity index (χ1n) is 5.35. The number of piperazine rings is 1. The van der Waals surface area contributed by atoms with Crippen LogP contribution in [0.4, 0.5) is 19.1 Å². The summed E-state index contributed by atoms with van der Waals surface area (Å²) < 4.78 is 38.0. The first kappa shape index (κ1) is 12.1. The van der Waals surface area contributed by atoms with Gasteiger partial charge in [-0.05, 0) is 12.5 Å². The van der Waals surface area contributed by atoms with Crippen LogP contribution in [0.2, 0.25) is 0 Å². The van der Waals surface area contributed by atoms with Crippen LogP contribution in [-0.2, 0) is 6.18 Å². The molecular formula is C10H13F3N4. The Labute approximate surface area is 96.9 Å². The van der Waals surface area contributed by atoms with Gasteiger partial charge in [-0.2, -0.15) is 13.2 Å².